The van der Waals surface area contributed by atoms with E-state index >= 15 is 0 Å². The number of nitro groups is 1. The van der Waals surface area contributed by atoms with E-state index in [0.717, 1.165) is 16.6 Å². The number of hydrogen-bond acceptors (Lipinski definition) is 11. The third-order valence-corrected chi connectivity index (χ3v) is 5.80. The first kappa shape index (κ1) is 19.6. The normalized spacial score (nSPS) is 11.7. The molecule has 0 bridgehead atoms. The lowest BCUT2D eigenvalue weighted by Gasteiger charge is -2.05. The predicted octanol–water partition coefficient (Wildman–Crippen LogP) is 1.34. The molecule has 8 aromatic rings. The fraction of sp³-hybridized carbons (Fsp3) is 0. The van der Waals surface area contributed by atoms with Gasteiger partial charge in [-0.25, -0.2) is 0 Å². The molecule has 0 aliphatic carbocycles. The van der Waals surface area contributed by atoms with Gasteiger partial charge in [0.15, 0.2) is 0 Å². The molecule has 0 amide bonds. The molecule has 36 heavy (non-hydrogen) atoms. The number of anilines is 1. The Balaban J connectivity index is 0.000000123. The maximum absolute atomic E-state index is 10.9. The van der Waals surface area contributed by atoms with Gasteiger partial charge in [-0.1, -0.05) is 0 Å². The Morgan fingerprint density at radius 1 is 0.611 bits per heavy atom. The van der Waals surface area contributed by atoms with E-state index in [1.807, 2.05) is 27.0 Å². The van der Waals surface area contributed by atoms with E-state index in [-0.39, 0.29) is 5.69 Å². The minimum atomic E-state index is -0.439. The highest BCUT2D eigenvalue weighted by atomic mass is 16.6. The van der Waals surface area contributed by atoms with E-state index in [1.165, 1.54) is 24.8 Å². The second kappa shape index (κ2) is 7.10. The number of benzene rings is 2. The summed E-state index contributed by atoms with van der Waals surface area (Å²) in [5.74, 6) is 0. The van der Waals surface area contributed by atoms with E-state index in [4.69, 9.17) is 5.73 Å². The largest absolute Gasteiger partial charge is 0.399 e. The second-order valence-electron chi connectivity index (χ2n) is 7.78. The number of nitrogens with zero attached hydrogens (tertiary/aromatic N) is 13. The fourth-order valence-electron chi connectivity index (χ4n) is 4.21. The quantitative estimate of drug-likeness (QED) is 0.203. The van der Waals surface area contributed by atoms with Gasteiger partial charge in [0.25, 0.3) is 5.69 Å². The zero-order chi connectivity index (χ0) is 24.4. The van der Waals surface area contributed by atoms with Crippen molar-refractivity contribution in [2.75, 3.05) is 5.73 Å². The number of nitro benzene ring substituents is 1. The lowest BCUT2D eigenvalue weighted by Crippen LogP contribution is -1.97. The lowest BCUT2D eigenvalue weighted by molar-refractivity contribution is -0.384. The van der Waals surface area contributed by atoms with Crippen molar-refractivity contribution in [3.05, 3.63) is 71.8 Å². The molecule has 0 saturated carbocycles. The fourth-order valence-corrected chi connectivity index (χ4v) is 4.21. The SMILES string of the molecule is Nc1ccc2c(c1)n1cnnc1c1nncn21.O=[N+]([O-])c1ccc2c(c1)n1cnnc1c1nncn21. The minimum Gasteiger partial charge on any atom is -0.399 e. The molecule has 0 fully saturated rings. The van der Waals surface area contributed by atoms with Crippen LogP contribution < -0.4 is 5.73 Å². The Morgan fingerprint density at radius 3 is 1.50 bits per heavy atom. The molecule has 0 atom stereocenters. The zero-order valence-corrected chi connectivity index (χ0v) is 18.0. The summed E-state index contributed by atoms with van der Waals surface area (Å²) in [5, 5.41) is 42.4. The number of non-ortho nitro benzene ring substituents is 1. The summed E-state index contributed by atoms with van der Waals surface area (Å²) in [6, 6.07) is 10.2. The summed E-state index contributed by atoms with van der Waals surface area (Å²) in [6.45, 7) is 0. The van der Waals surface area contributed by atoms with Crippen molar-refractivity contribution in [3.8, 4) is 0 Å². The topological polar surface area (TPSA) is 190 Å². The van der Waals surface area contributed by atoms with Crippen molar-refractivity contribution in [1.29, 1.82) is 0 Å². The second-order valence-corrected chi connectivity index (χ2v) is 7.78. The van der Waals surface area contributed by atoms with E-state index in [9.17, 15) is 10.1 Å². The minimum absolute atomic E-state index is 0.00919. The first-order valence-corrected chi connectivity index (χ1v) is 10.4. The molecule has 16 nitrogen and oxygen atoms in total. The molecule has 0 aliphatic heterocycles. The maximum atomic E-state index is 10.9. The van der Waals surface area contributed by atoms with Gasteiger partial charge in [0.2, 0.25) is 22.6 Å². The van der Waals surface area contributed by atoms with Crippen LogP contribution in [-0.2, 0) is 0 Å². The number of rotatable bonds is 1. The molecule has 2 aromatic carbocycles. The monoisotopic (exact) mass is 480 g/mol. The number of nitrogens with two attached hydrogens (primary N) is 1. The Hall–Kier alpha value is -5.80. The highest BCUT2D eigenvalue weighted by molar-refractivity contribution is 5.87. The average molecular weight is 480 g/mol. The van der Waals surface area contributed by atoms with Crippen LogP contribution in [0.2, 0.25) is 0 Å². The summed E-state index contributed by atoms with van der Waals surface area (Å²) < 4.78 is 7.11. The van der Waals surface area contributed by atoms with Crippen LogP contribution in [0.4, 0.5) is 11.4 Å². The van der Waals surface area contributed by atoms with E-state index in [2.05, 4.69) is 40.8 Å². The van der Waals surface area contributed by atoms with Crippen LogP contribution in [0, 0.1) is 10.1 Å². The number of aromatic nitrogens is 12. The summed E-state index contributed by atoms with van der Waals surface area (Å²) in [4.78, 5) is 10.4. The third-order valence-electron chi connectivity index (χ3n) is 5.80. The van der Waals surface area contributed by atoms with E-state index in [0.29, 0.717) is 33.8 Å². The van der Waals surface area contributed by atoms with Crippen molar-refractivity contribution >= 4 is 56.0 Å². The van der Waals surface area contributed by atoms with Gasteiger partial charge in [0.1, 0.15) is 25.3 Å². The molecule has 6 aromatic heterocycles. The Labute approximate surface area is 197 Å². The molecule has 8 rings (SSSR count). The molecular formula is C20H12N14O2. The van der Waals surface area contributed by atoms with Gasteiger partial charge in [-0.2, -0.15) is 0 Å². The number of nitrogen functional groups attached to an aromatic ring is 1. The Morgan fingerprint density at radius 2 is 1.03 bits per heavy atom. The van der Waals surface area contributed by atoms with Crippen LogP contribution in [0.5, 0.6) is 0 Å². The van der Waals surface area contributed by atoms with Crippen LogP contribution >= 0.6 is 0 Å². The first-order valence-electron chi connectivity index (χ1n) is 10.4. The van der Waals surface area contributed by atoms with Crippen molar-refractivity contribution in [2.24, 2.45) is 0 Å². The Kier molecular flexibility index (Phi) is 3.87. The average Bonchev–Trinajstić information content (AvgIpc) is 3.68. The van der Waals surface area contributed by atoms with Crippen molar-refractivity contribution in [1.82, 2.24) is 58.4 Å². The van der Waals surface area contributed by atoms with Crippen molar-refractivity contribution in [3.63, 3.8) is 0 Å². The summed E-state index contributed by atoms with van der Waals surface area (Å²) in [7, 11) is 0. The summed E-state index contributed by atoms with van der Waals surface area (Å²) >= 11 is 0. The van der Waals surface area contributed by atoms with Gasteiger partial charge in [-0.3, -0.25) is 27.7 Å². The van der Waals surface area contributed by atoms with Gasteiger partial charge >= 0.3 is 0 Å². The maximum Gasteiger partial charge on any atom is 0.271 e. The summed E-state index contributed by atoms with van der Waals surface area (Å²) in [6.07, 6.45) is 6.34. The highest BCUT2D eigenvalue weighted by Gasteiger charge is 2.15. The van der Waals surface area contributed by atoms with Crippen LogP contribution in [0.15, 0.2) is 61.7 Å². The van der Waals surface area contributed by atoms with Crippen LogP contribution in [0.25, 0.3) is 44.7 Å². The van der Waals surface area contributed by atoms with Gasteiger partial charge < -0.3 is 5.73 Å². The molecule has 0 radical (unpaired) electrons. The number of hydrogen-bond donors (Lipinski definition) is 1. The molecule has 0 saturated heterocycles. The molecule has 16 heteroatoms. The van der Waals surface area contributed by atoms with E-state index in [1.54, 1.807) is 27.5 Å². The highest BCUT2D eigenvalue weighted by Crippen LogP contribution is 2.24. The molecule has 2 N–H and O–H groups in total. The molecule has 6 heterocycles. The smallest absolute Gasteiger partial charge is 0.271 e. The van der Waals surface area contributed by atoms with E-state index < -0.39 is 4.92 Å². The molecule has 0 aliphatic rings. The third kappa shape index (κ3) is 2.68. The van der Waals surface area contributed by atoms with Crippen molar-refractivity contribution < 1.29 is 4.92 Å². The van der Waals surface area contributed by atoms with Crippen LogP contribution in [-0.4, -0.2) is 63.3 Å². The van der Waals surface area contributed by atoms with Gasteiger partial charge in [-0.15, -0.1) is 40.8 Å². The molecule has 0 unspecified atom stereocenters. The van der Waals surface area contributed by atoms with Gasteiger partial charge in [-0.05, 0) is 24.3 Å². The first-order chi connectivity index (χ1) is 17.6. The molecular weight excluding hydrogens is 468 g/mol. The zero-order valence-electron chi connectivity index (χ0n) is 18.0. The van der Waals surface area contributed by atoms with Crippen LogP contribution in [0.3, 0.4) is 0 Å². The van der Waals surface area contributed by atoms with Crippen molar-refractivity contribution in [2.45, 2.75) is 0 Å². The standard InChI is InChI=1S/C10H5N7O2.C10H7N7/c18-17(19)6-1-2-7-8(3-6)16-5-12-14-10(16)9-13-11-4-15(7)9;11-6-1-2-7-8(3-6)17-5-13-15-10(17)9-14-12-4-16(7)9/h1-5H;1-5H,11H2. The molecule has 0 spiro atoms. The number of fused-ring (bicyclic) bond motifs is 12. The Bertz CT molecular complexity index is 2120. The van der Waals surface area contributed by atoms with Gasteiger partial charge in [0.05, 0.1) is 27.0 Å². The molecule has 174 valence electrons. The predicted molar refractivity (Wildman–Crippen MR) is 125 cm³/mol. The van der Waals surface area contributed by atoms with Gasteiger partial charge in [0, 0.05) is 17.8 Å². The lowest BCUT2D eigenvalue weighted by atomic mass is 10.2. The summed E-state index contributed by atoms with van der Waals surface area (Å²) in [5.41, 5.74) is 12.2. The van der Waals surface area contributed by atoms with Crippen LogP contribution in [0.1, 0.15) is 0 Å².